The Morgan fingerprint density at radius 2 is 2.05 bits per heavy atom. The fraction of sp³-hybridized carbons (Fsp3) is 0.400. The van der Waals surface area contributed by atoms with Crippen molar-refractivity contribution in [3.63, 3.8) is 0 Å². The zero-order valence-electron chi connectivity index (χ0n) is 11.8. The number of nitro groups is 1. The molecule has 1 saturated heterocycles. The number of non-ortho nitro benzene ring substituents is 1. The summed E-state index contributed by atoms with van der Waals surface area (Å²) in [6, 6.07) is 4.59. The maximum Gasteiger partial charge on any atom is 0.273 e. The van der Waals surface area contributed by atoms with E-state index in [1.54, 1.807) is 12.1 Å². The van der Waals surface area contributed by atoms with Gasteiger partial charge < -0.3 is 4.74 Å². The van der Waals surface area contributed by atoms with E-state index >= 15 is 0 Å². The number of benzene rings is 1. The number of piperidine rings is 1. The van der Waals surface area contributed by atoms with Gasteiger partial charge in [0.05, 0.1) is 11.0 Å². The number of rotatable bonds is 6. The summed E-state index contributed by atoms with van der Waals surface area (Å²) in [6.07, 6.45) is 2.74. The summed E-state index contributed by atoms with van der Waals surface area (Å²) in [5, 5.41) is 10.8. The van der Waals surface area contributed by atoms with Crippen molar-refractivity contribution in [1.82, 2.24) is 4.90 Å². The Bertz CT molecular complexity index is 547. The molecule has 0 bridgehead atoms. The number of likely N-dealkylation sites (tertiary alicyclic amines) is 1. The third-order valence-corrected chi connectivity index (χ3v) is 3.45. The normalized spacial score (nSPS) is 15.7. The maximum absolute atomic E-state index is 11.1. The molecule has 0 radical (unpaired) electrons. The summed E-state index contributed by atoms with van der Waals surface area (Å²) < 4.78 is 5.59. The highest BCUT2D eigenvalue weighted by molar-refractivity contribution is 5.79. The molecule has 6 heteroatoms. The van der Waals surface area contributed by atoms with Crippen LogP contribution in [0.15, 0.2) is 24.8 Å². The van der Waals surface area contributed by atoms with Crippen LogP contribution in [0.3, 0.4) is 0 Å². The fourth-order valence-electron chi connectivity index (χ4n) is 2.23. The van der Waals surface area contributed by atoms with Gasteiger partial charge in [0.1, 0.15) is 18.1 Å². The van der Waals surface area contributed by atoms with Crippen LogP contribution in [-0.4, -0.2) is 41.8 Å². The second-order valence-corrected chi connectivity index (χ2v) is 4.95. The lowest BCUT2D eigenvalue weighted by atomic mass is 10.1. The van der Waals surface area contributed by atoms with Crippen molar-refractivity contribution in [3.05, 3.63) is 40.5 Å². The molecule has 112 valence electrons. The van der Waals surface area contributed by atoms with Crippen molar-refractivity contribution in [1.29, 1.82) is 0 Å². The molecule has 1 aliphatic rings. The van der Waals surface area contributed by atoms with Gasteiger partial charge in [0, 0.05) is 38.5 Å². The van der Waals surface area contributed by atoms with E-state index in [0.717, 1.165) is 13.1 Å². The van der Waals surface area contributed by atoms with E-state index in [9.17, 15) is 14.9 Å². The fourth-order valence-corrected chi connectivity index (χ4v) is 2.23. The number of carbonyl (C=O) groups excluding carboxylic acids is 1. The van der Waals surface area contributed by atoms with Gasteiger partial charge in [-0.15, -0.1) is 0 Å². The molecule has 0 N–H and O–H groups in total. The lowest BCUT2D eigenvalue weighted by Crippen LogP contribution is -2.36. The Morgan fingerprint density at radius 1 is 1.33 bits per heavy atom. The minimum Gasteiger partial charge on any atom is -0.492 e. The number of carbonyl (C=O) groups is 1. The topological polar surface area (TPSA) is 72.7 Å². The van der Waals surface area contributed by atoms with Gasteiger partial charge in [-0.3, -0.25) is 19.8 Å². The number of ether oxygens (including phenoxy) is 1. The molecule has 0 saturated carbocycles. The molecule has 0 aliphatic carbocycles. The van der Waals surface area contributed by atoms with Gasteiger partial charge in [0.15, 0.2) is 0 Å². The Morgan fingerprint density at radius 3 is 2.67 bits per heavy atom. The molecule has 21 heavy (non-hydrogen) atoms. The van der Waals surface area contributed by atoms with Crippen molar-refractivity contribution in [3.8, 4) is 5.75 Å². The van der Waals surface area contributed by atoms with Gasteiger partial charge in [-0.2, -0.15) is 0 Å². The number of hydrogen-bond acceptors (Lipinski definition) is 5. The zero-order chi connectivity index (χ0) is 15.2. The SMILES string of the molecule is C=Cc1cc(OCCN2CCC(=O)CC2)cc([N+](=O)[O-])c1. The largest absolute Gasteiger partial charge is 0.492 e. The van der Waals surface area contributed by atoms with Crippen LogP contribution in [0.25, 0.3) is 6.08 Å². The summed E-state index contributed by atoms with van der Waals surface area (Å²) in [7, 11) is 0. The Hall–Kier alpha value is -2.21. The zero-order valence-corrected chi connectivity index (χ0v) is 11.8. The Labute approximate surface area is 123 Å². The van der Waals surface area contributed by atoms with Crippen LogP contribution in [-0.2, 0) is 4.79 Å². The number of nitro benzene ring substituents is 1. The monoisotopic (exact) mass is 290 g/mol. The minimum absolute atomic E-state index is 0.00836. The van der Waals surface area contributed by atoms with Crippen molar-refractivity contribution in [2.75, 3.05) is 26.2 Å². The van der Waals surface area contributed by atoms with Gasteiger partial charge in [-0.25, -0.2) is 0 Å². The first-order valence-electron chi connectivity index (χ1n) is 6.87. The summed E-state index contributed by atoms with van der Waals surface area (Å²) in [4.78, 5) is 23.7. The van der Waals surface area contributed by atoms with Crippen LogP contribution in [0.1, 0.15) is 18.4 Å². The average Bonchev–Trinajstić information content (AvgIpc) is 2.49. The predicted octanol–water partition coefficient (Wildman–Crippen LogP) is 2.28. The summed E-state index contributed by atoms with van der Waals surface area (Å²) in [5.41, 5.74) is 0.647. The summed E-state index contributed by atoms with van der Waals surface area (Å²) >= 11 is 0. The highest BCUT2D eigenvalue weighted by atomic mass is 16.6. The lowest BCUT2D eigenvalue weighted by molar-refractivity contribution is -0.384. The third kappa shape index (κ3) is 4.39. The third-order valence-electron chi connectivity index (χ3n) is 3.45. The van der Waals surface area contributed by atoms with Crippen molar-refractivity contribution in [2.45, 2.75) is 12.8 Å². The van der Waals surface area contributed by atoms with Crippen LogP contribution in [0.2, 0.25) is 0 Å². The first-order valence-corrected chi connectivity index (χ1v) is 6.87. The Kier molecular flexibility index (Phi) is 5.05. The van der Waals surface area contributed by atoms with E-state index in [2.05, 4.69) is 11.5 Å². The molecular formula is C15H18N2O4. The van der Waals surface area contributed by atoms with Crippen LogP contribution >= 0.6 is 0 Å². The first kappa shape index (κ1) is 15.2. The molecule has 1 fully saturated rings. The van der Waals surface area contributed by atoms with E-state index in [0.29, 0.717) is 43.1 Å². The van der Waals surface area contributed by atoms with E-state index in [4.69, 9.17) is 4.74 Å². The molecule has 0 amide bonds. The minimum atomic E-state index is -0.448. The highest BCUT2D eigenvalue weighted by Gasteiger charge is 2.16. The van der Waals surface area contributed by atoms with E-state index < -0.39 is 4.92 Å². The molecule has 1 aromatic rings. The van der Waals surface area contributed by atoms with Crippen LogP contribution in [0.5, 0.6) is 5.75 Å². The first-order chi connectivity index (χ1) is 10.1. The van der Waals surface area contributed by atoms with Gasteiger partial charge in [0.25, 0.3) is 5.69 Å². The van der Waals surface area contributed by atoms with Crippen LogP contribution in [0.4, 0.5) is 5.69 Å². The molecule has 0 atom stereocenters. The number of hydrogen-bond donors (Lipinski definition) is 0. The van der Waals surface area contributed by atoms with Gasteiger partial charge >= 0.3 is 0 Å². The maximum atomic E-state index is 11.1. The standard InChI is InChI=1S/C15H18N2O4/c1-2-12-9-13(17(19)20)11-15(10-12)21-8-7-16-5-3-14(18)4-6-16/h2,9-11H,1,3-8H2. The smallest absolute Gasteiger partial charge is 0.273 e. The summed E-state index contributed by atoms with van der Waals surface area (Å²) in [5.74, 6) is 0.772. The van der Waals surface area contributed by atoms with Crippen LogP contribution in [0, 0.1) is 10.1 Å². The van der Waals surface area contributed by atoms with Crippen LogP contribution < -0.4 is 4.74 Å². The van der Waals surface area contributed by atoms with Gasteiger partial charge in [-0.05, 0) is 11.6 Å². The second kappa shape index (κ2) is 6.99. The molecule has 0 spiro atoms. The molecule has 1 aliphatic heterocycles. The Balaban J connectivity index is 1.90. The van der Waals surface area contributed by atoms with E-state index in [1.165, 1.54) is 12.1 Å². The number of Topliss-reactive ketones (excluding diaryl/α,β-unsaturated/α-hetero) is 1. The number of ketones is 1. The average molecular weight is 290 g/mol. The molecule has 1 heterocycles. The van der Waals surface area contributed by atoms with E-state index in [-0.39, 0.29) is 5.69 Å². The molecule has 2 rings (SSSR count). The quantitative estimate of drug-likeness (QED) is 0.593. The van der Waals surface area contributed by atoms with Gasteiger partial charge in [0.2, 0.25) is 0 Å². The van der Waals surface area contributed by atoms with Gasteiger partial charge in [-0.1, -0.05) is 12.7 Å². The highest BCUT2D eigenvalue weighted by Crippen LogP contribution is 2.23. The molecule has 0 aromatic heterocycles. The van der Waals surface area contributed by atoms with Crippen molar-refractivity contribution >= 4 is 17.5 Å². The molecular weight excluding hydrogens is 272 g/mol. The van der Waals surface area contributed by atoms with Crippen molar-refractivity contribution in [2.24, 2.45) is 0 Å². The molecule has 6 nitrogen and oxygen atoms in total. The lowest BCUT2D eigenvalue weighted by Gasteiger charge is -2.25. The molecule has 1 aromatic carbocycles. The molecule has 0 unspecified atom stereocenters. The second-order valence-electron chi connectivity index (χ2n) is 4.95. The van der Waals surface area contributed by atoms with E-state index in [1.807, 2.05) is 0 Å². The predicted molar refractivity (Wildman–Crippen MR) is 79.4 cm³/mol. The van der Waals surface area contributed by atoms with Crippen molar-refractivity contribution < 1.29 is 14.5 Å². The summed E-state index contributed by atoms with van der Waals surface area (Å²) in [6.45, 7) is 6.28. The number of nitrogens with zero attached hydrogens (tertiary/aromatic N) is 2.